The molecule has 0 aromatic carbocycles. The Kier molecular flexibility index (Phi) is 2.93. The van der Waals surface area contributed by atoms with Crippen LogP contribution in [0.1, 0.15) is 25.1 Å². The quantitative estimate of drug-likeness (QED) is 0.870. The molecule has 1 unspecified atom stereocenters. The van der Waals surface area contributed by atoms with Crippen molar-refractivity contribution in [1.29, 1.82) is 0 Å². The number of fused-ring (bicyclic) bond motifs is 1. The first-order valence-corrected chi connectivity index (χ1v) is 8.05. The van der Waals surface area contributed by atoms with Gasteiger partial charge in [-0.15, -0.1) is 0 Å². The van der Waals surface area contributed by atoms with Gasteiger partial charge in [-0.05, 0) is 12.8 Å². The number of sulfone groups is 1. The highest BCUT2D eigenvalue weighted by atomic mass is 32.2. The van der Waals surface area contributed by atoms with Crippen molar-refractivity contribution in [2.45, 2.75) is 30.9 Å². The summed E-state index contributed by atoms with van der Waals surface area (Å²) in [6.45, 7) is 0. The lowest BCUT2D eigenvalue weighted by Crippen LogP contribution is -2.30. The zero-order valence-corrected chi connectivity index (χ0v) is 11.2. The molecule has 6 nitrogen and oxygen atoms in total. The summed E-state index contributed by atoms with van der Waals surface area (Å²) in [5, 5.41) is 6.54. The Bertz CT molecular complexity index is 760. The van der Waals surface area contributed by atoms with Crippen molar-refractivity contribution in [1.82, 2.24) is 14.6 Å². The predicted molar refractivity (Wildman–Crippen MR) is 70.9 cm³/mol. The number of rotatable bonds is 2. The molecule has 7 heteroatoms. The highest BCUT2D eigenvalue weighted by molar-refractivity contribution is 7.92. The molecule has 3 rings (SSSR count). The van der Waals surface area contributed by atoms with Gasteiger partial charge in [-0.3, -0.25) is 14.3 Å². The number of aromatic amines is 1. The van der Waals surface area contributed by atoms with Crippen LogP contribution in [0, 0.1) is 0 Å². The van der Waals surface area contributed by atoms with Crippen LogP contribution in [-0.4, -0.2) is 34.0 Å². The van der Waals surface area contributed by atoms with Crippen molar-refractivity contribution in [2.75, 3.05) is 5.75 Å². The van der Waals surface area contributed by atoms with Gasteiger partial charge in [-0.25, -0.2) is 8.42 Å². The van der Waals surface area contributed by atoms with E-state index in [9.17, 15) is 13.2 Å². The second-order valence-corrected chi connectivity index (χ2v) is 7.35. The van der Waals surface area contributed by atoms with Crippen LogP contribution in [0.15, 0.2) is 23.1 Å². The van der Waals surface area contributed by atoms with Gasteiger partial charge < -0.3 is 0 Å². The fraction of sp³-hybridized carbons (Fsp3) is 0.500. The monoisotopic (exact) mass is 281 g/mol. The van der Waals surface area contributed by atoms with Crippen molar-refractivity contribution < 1.29 is 8.42 Å². The molecule has 2 aromatic heterocycles. The molecular formula is C12H15N3O3S. The van der Waals surface area contributed by atoms with Gasteiger partial charge in [-0.2, -0.15) is 5.10 Å². The minimum atomic E-state index is -3.01. The van der Waals surface area contributed by atoms with Crippen LogP contribution in [0.5, 0.6) is 0 Å². The standard InChI is InChI=1S/C12H15N3O3S/c16-9-4-5-15-11(7-9)13-14-12(15)8-10-3-1-2-6-19(10,17)18/h4-5,7,10,13H,1-3,6,8H2. The van der Waals surface area contributed by atoms with Gasteiger partial charge >= 0.3 is 0 Å². The lowest BCUT2D eigenvalue weighted by molar-refractivity contribution is 0.533. The Hall–Kier alpha value is -1.63. The van der Waals surface area contributed by atoms with Crippen molar-refractivity contribution in [2.24, 2.45) is 0 Å². The topological polar surface area (TPSA) is 84.3 Å². The average Bonchev–Trinajstić information content (AvgIpc) is 2.74. The molecule has 19 heavy (non-hydrogen) atoms. The third kappa shape index (κ3) is 2.30. The van der Waals surface area contributed by atoms with Crippen LogP contribution in [-0.2, 0) is 16.3 Å². The molecule has 2 aromatic rings. The van der Waals surface area contributed by atoms with E-state index >= 15 is 0 Å². The number of aromatic nitrogens is 3. The Morgan fingerprint density at radius 1 is 1.42 bits per heavy atom. The van der Waals surface area contributed by atoms with E-state index in [0.29, 0.717) is 24.3 Å². The van der Waals surface area contributed by atoms with Gasteiger partial charge in [0.15, 0.2) is 15.3 Å². The van der Waals surface area contributed by atoms with Crippen molar-refractivity contribution in [3.63, 3.8) is 0 Å². The predicted octanol–water partition coefficient (Wildman–Crippen LogP) is 0.532. The molecule has 1 aliphatic heterocycles. The summed E-state index contributed by atoms with van der Waals surface area (Å²) >= 11 is 0. The van der Waals surface area contributed by atoms with Crippen LogP contribution in [0.2, 0.25) is 0 Å². The fourth-order valence-corrected chi connectivity index (χ4v) is 4.43. The van der Waals surface area contributed by atoms with E-state index in [4.69, 9.17) is 0 Å². The van der Waals surface area contributed by atoms with E-state index in [2.05, 4.69) is 10.2 Å². The van der Waals surface area contributed by atoms with Gasteiger partial charge in [0.1, 0.15) is 11.5 Å². The van der Waals surface area contributed by atoms with E-state index in [1.165, 1.54) is 12.1 Å². The zero-order valence-electron chi connectivity index (χ0n) is 10.4. The summed E-state index contributed by atoms with van der Waals surface area (Å²) in [6.07, 6.45) is 4.42. The summed E-state index contributed by atoms with van der Waals surface area (Å²) < 4.78 is 25.7. The Balaban J connectivity index is 1.95. The van der Waals surface area contributed by atoms with E-state index in [1.807, 2.05) is 0 Å². The highest BCUT2D eigenvalue weighted by Crippen LogP contribution is 2.22. The van der Waals surface area contributed by atoms with Gasteiger partial charge in [0.2, 0.25) is 0 Å². The minimum absolute atomic E-state index is 0.0968. The molecule has 0 radical (unpaired) electrons. The number of nitrogens with one attached hydrogen (secondary N) is 1. The van der Waals surface area contributed by atoms with Gasteiger partial charge in [0, 0.05) is 24.8 Å². The smallest absolute Gasteiger partial charge is 0.183 e. The van der Waals surface area contributed by atoms with Crippen molar-refractivity contribution >= 4 is 15.5 Å². The summed E-state index contributed by atoms with van der Waals surface area (Å²) in [4.78, 5) is 11.2. The lowest BCUT2D eigenvalue weighted by atomic mass is 10.1. The Labute approximate surface area is 110 Å². The van der Waals surface area contributed by atoms with Crippen LogP contribution in [0.3, 0.4) is 0 Å². The molecule has 0 bridgehead atoms. The van der Waals surface area contributed by atoms with Crippen LogP contribution < -0.4 is 5.43 Å². The number of pyridine rings is 1. The Morgan fingerprint density at radius 3 is 3.05 bits per heavy atom. The molecule has 1 aliphatic rings. The molecule has 0 saturated carbocycles. The average molecular weight is 281 g/mol. The molecule has 1 saturated heterocycles. The van der Waals surface area contributed by atoms with E-state index in [1.54, 1.807) is 10.6 Å². The molecule has 1 N–H and O–H groups in total. The SMILES string of the molecule is O=c1ccn2c(CC3CCCCS3(=O)=O)n[nH]c2c1. The molecule has 3 heterocycles. The second-order valence-electron chi connectivity index (χ2n) is 4.95. The molecule has 102 valence electrons. The van der Waals surface area contributed by atoms with E-state index in [0.717, 1.165) is 12.8 Å². The summed E-state index contributed by atoms with van der Waals surface area (Å²) in [5.41, 5.74) is 0.496. The fourth-order valence-electron chi connectivity index (χ4n) is 2.57. The summed E-state index contributed by atoms with van der Waals surface area (Å²) in [7, 11) is -3.01. The van der Waals surface area contributed by atoms with E-state index < -0.39 is 9.84 Å². The van der Waals surface area contributed by atoms with E-state index in [-0.39, 0.29) is 16.4 Å². The summed E-state index contributed by atoms with van der Waals surface area (Å²) in [6, 6.07) is 2.90. The maximum atomic E-state index is 12.0. The zero-order chi connectivity index (χ0) is 13.5. The lowest BCUT2D eigenvalue weighted by Gasteiger charge is -2.21. The van der Waals surface area contributed by atoms with Crippen LogP contribution in [0.4, 0.5) is 0 Å². The first kappa shape index (κ1) is 12.4. The van der Waals surface area contributed by atoms with Crippen LogP contribution >= 0.6 is 0 Å². The molecule has 1 atom stereocenters. The number of hydrogen-bond acceptors (Lipinski definition) is 4. The maximum Gasteiger partial charge on any atom is 0.183 e. The minimum Gasteiger partial charge on any atom is -0.290 e. The second kappa shape index (κ2) is 4.48. The number of nitrogens with zero attached hydrogens (tertiary/aromatic N) is 2. The third-order valence-electron chi connectivity index (χ3n) is 3.63. The van der Waals surface area contributed by atoms with Crippen molar-refractivity contribution in [3.8, 4) is 0 Å². The molecule has 0 amide bonds. The normalized spacial score (nSPS) is 22.6. The van der Waals surface area contributed by atoms with Gasteiger partial charge in [-0.1, -0.05) is 6.42 Å². The molecule has 0 aliphatic carbocycles. The maximum absolute atomic E-state index is 12.0. The first-order valence-electron chi connectivity index (χ1n) is 6.33. The van der Waals surface area contributed by atoms with Crippen LogP contribution in [0.25, 0.3) is 5.65 Å². The summed E-state index contributed by atoms with van der Waals surface area (Å²) in [5.74, 6) is 0.931. The van der Waals surface area contributed by atoms with Crippen molar-refractivity contribution in [3.05, 3.63) is 34.4 Å². The van der Waals surface area contributed by atoms with Gasteiger partial charge in [0.05, 0.1) is 11.0 Å². The Morgan fingerprint density at radius 2 is 2.26 bits per heavy atom. The highest BCUT2D eigenvalue weighted by Gasteiger charge is 2.30. The number of hydrogen-bond donors (Lipinski definition) is 1. The third-order valence-corrected chi connectivity index (χ3v) is 5.90. The van der Waals surface area contributed by atoms with Gasteiger partial charge in [0.25, 0.3) is 0 Å². The molecular weight excluding hydrogens is 266 g/mol. The number of H-pyrrole nitrogens is 1. The first-order chi connectivity index (χ1) is 9.06. The molecule has 0 spiro atoms. The molecule has 1 fully saturated rings. The largest absolute Gasteiger partial charge is 0.290 e.